The number of piperidine rings is 1. The van der Waals surface area contributed by atoms with Crippen LogP contribution >= 0.6 is 11.3 Å². The minimum Gasteiger partial charge on any atom is -0.356 e. The second-order valence-electron chi connectivity index (χ2n) is 9.81. The minimum atomic E-state index is -0.0261. The first kappa shape index (κ1) is 22.8. The highest BCUT2D eigenvalue weighted by molar-refractivity contribution is 7.20. The van der Waals surface area contributed by atoms with Gasteiger partial charge in [-0.3, -0.25) is 9.59 Å². The zero-order valence-corrected chi connectivity index (χ0v) is 20.4. The summed E-state index contributed by atoms with van der Waals surface area (Å²) in [6.45, 7) is 5.76. The number of aryl methyl sites for hydroxylation is 1. The highest BCUT2D eigenvalue weighted by atomic mass is 32.1. The van der Waals surface area contributed by atoms with E-state index in [1.165, 1.54) is 54.6 Å². The van der Waals surface area contributed by atoms with Gasteiger partial charge in [0.15, 0.2) is 0 Å². The molecule has 3 aliphatic rings. The highest BCUT2D eigenvalue weighted by Crippen LogP contribution is 2.28. The summed E-state index contributed by atoms with van der Waals surface area (Å²) in [5.74, 6) is 0.129. The number of aromatic nitrogens is 3. The zero-order chi connectivity index (χ0) is 22.6. The van der Waals surface area contributed by atoms with Crippen molar-refractivity contribution in [2.75, 3.05) is 44.2 Å². The smallest absolute Gasteiger partial charge is 0.278 e. The van der Waals surface area contributed by atoms with Gasteiger partial charge in [0.1, 0.15) is 0 Å². The molecule has 0 bridgehead atoms. The molecule has 2 saturated heterocycles. The average molecular weight is 473 g/mol. The van der Waals surface area contributed by atoms with Crippen LogP contribution in [0.2, 0.25) is 0 Å². The lowest BCUT2D eigenvalue weighted by molar-refractivity contribution is -0.125. The Morgan fingerprint density at radius 2 is 1.85 bits per heavy atom. The number of carbonyl (C=O) groups excluding carboxylic acids is 1. The summed E-state index contributed by atoms with van der Waals surface area (Å²) in [6, 6.07) is 0. The summed E-state index contributed by atoms with van der Waals surface area (Å²) in [7, 11) is 0. The fourth-order valence-corrected chi connectivity index (χ4v) is 6.42. The Kier molecular flexibility index (Phi) is 7.25. The van der Waals surface area contributed by atoms with E-state index in [9.17, 15) is 9.59 Å². The van der Waals surface area contributed by atoms with E-state index in [0.717, 1.165) is 81.0 Å². The molecule has 2 aromatic rings. The van der Waals surface area contributed by atoms with Crippen molar-refractivity contribution >= 4 is 27.3 Å². The molecule has 180 valence electrons. The maximum absolute atomic E-state index is 12.9. The van der Waals surface area contributed by atoms with Crippen LogP contribution in [0.3, 0.4) is 0 Å². The van der Waals surface area contributed by atoms with Gasteiger partial charge < -0.3 is 15.1 Å². The molecule has 1 aliphatic carbocycles. The Morgan fingerprint density at radius 1 is 1.03 bits per heavy atom. The number of nitrogens with zero attached hydrogens (tertiary/aromatic N) is 5. The summed E-state index contributed by atoms with van der Waals surface area (Å²) < 4.78 is 1.48. The molecule has 1 N–H and O–H groups in total. The summed E-state index contributed by atoms with van der Waals surface area (Å²) >= 11 is 1.47. The van der Waals surface area contributed by atoms with Gasteiger partial charge in [-0.1, -0.05) is 24.2 Å². The third-order valence-electron chi connectivity index (χ3n) is 7.38. The second-order valence-corrected chi connectivity index (χ2v) is 10.7. The van der Waals surface area contributed by atoms with Crippen molar-refractivity contribution in [3.8, 4) is 0 Å². The molecule has 2 aromatic heterocycles. The molecule has 0 spiro atoms. The fraction of sp³-hybridized carbons (Fsp3) is 0.750. The molecular weight excluding hydrogens is 436 g/mol. The lowest BCUT2D eigenvalue weighted by Gasteiger charge is -2.31. The van der Waals surface area contributed by atoms with Crippen LogP contribution in [0.15, 0.2) is 4.79 Å². The maximum Gasteiger partial charge on any atom is 0.278 e. The number of anilines is 1. The van der Waals surface area contributed by atoms with Gasteiger partial charge in [-0.15, -0.1) is 5.10 Å². The molecule has 0 radical (unpaired) electrons. The van der Waals surface area contributed by atoms with Gasteiger partial charge in [-0.2, -0.15) is 4.52 Å². The molecule has 9 heteroatoms. The third-order valence-corrected chi connectivity index (χ3v) is 8.35. The summed E-state index contributed by atoms with van der Waals surface area (Å²) in [6.07, 6.45) is 12.0. The van der Waals surface area contributed by atoms with Crippen molar-refractivity contribution in [2.24, 2.45) is 5.92 Å². The van der Waals surface area contributed by atoms with E-state index in [4.69, 9.17) is 4.98 Å². The lowest BCUT2D eigenvalue weighted by Crippen LogP contribution is -2.43. The van der Waals surface area contributed by atoms with Crippen molar-refractivity contribution in [1.29, 1.82) is 0 Å². The van der Waals surface area contributed by atoms with Crippen LogP contribution in [0.5, 0.6) is 0 Å². The van der Waals surface area contributed by atoms with Crippen LogP contribution in [-0.2, 0) is 17.6 Å². The van der Waals surface area contributed by atoms with Crippen LogP contribution in [-0.4, -0.2) is 64.7 Å². The first-order chi connectivity index (χ1) is 16.2. The number of hydrogen-bond acceptors (Lipinski definition) is 7. The van der Waals surface area contributed by atoms with Crippen LogP contribution in [0.25, 0.3) is 4.96 Å². The molecule has 2 fully saturated rings. The van der Waals surface area contributed by atoms with Gasteiger partial charge in [0.2, 0.25) is 16.0 Å². The molecule has 5 rings (SSSR count). The lowest BCUT2D eigenvalue weighted by atomic mass is 9.97. The van der Waals surface area contributed by atoms with E-state index < -0.39 is 0 Å². The Morgan fingerprint density at radius 3 is 2.70 bits per heavy atom. The molecule has 1 atom stereocenters. The number of fused-ring (bicyclic) bond motifs is 2. The van der Waals surface area contributed by atoms with Crippen molar-refractivity contribution in [1.82, 2.24) is 24.8 Å². The van der Waals surface area contributed by atoms with Gasteiger partial charge in [0, 0.05) is 25.2 Å². The average Bonchev–Trinajstić information content (AvgIpc) is 3.10. The Balaban J connectivity index is 1.17. The van der Waals surface area contributed by atoms with Gasteiger partial charge in [0.05, 0.1) is 11.6 Å². The van der Waals surface area contributed by atoms with E-state index in [2.05, 4.69) is 20.2 Å². The van der Waals surface area contributed by atoms with Crippen molar-refractivity contribution in [2.45, 2.75) is 70.6 Å². The molecule has 33 heavy (non-hydrogen) atoms. The number of nitrogens with one attached hydrogen (secondary N) is 1. The number of carbonyl (C=O) groups is 1. The van der Waals surface area contributed by atoms with E-state index in [1.807, 2.05) is 0 Å². The Hall–Kier alpha value is -2.00. The number of hydrogen-bond donors (Lipinski definition) is 1. The molecule has 4 heterocycles. The van der Waals surface area contributed by atoms with Crippen molar-refractivity contribution in [3.05, 3.63) is 21.6 Å². The van der Waals surface area contributed by atoms with Gasteiger partial charge in [-0.05, 0) is 77.4 Å². The zero-order valence-electron chi connectivity index (χ0n) is 19.6. The fourth-order valence-electron chi connectivity index (χ4n) is 5.47. The van der Waals surface area contributed by atoms with Gasteiger partial charge in [-0.25, -0.2) is 4.98 Å². The number of likely N-dealkylation sites (tertiary alicyclic amines) is 1. The molecule has 1 unspecified atom stereocenters. The van der Waals surface area contributed by atoms with Crippen LogP contribution < -0.4 is 15.8 Å². The van der Waals surface area contributed by atoms with Crippen LogP contribution in [0.4, 0.5) is 5.13 Å². The van der Waals surface area contributed by atoms with E-state index >= 15 is 0 Å². The first-order valence-corrected chi connectivity index (χ1v) is 13.7. The van der Waals surface area contributed by atoms with Gasteiger partial charge in [0.25, 0.3) is 5.56 Å². The maximum atomic E-state index is 12.9. The van der Waals surface area contributed by atoms with Crippen molar-refractivity contribution in [3.63, 3.8) is 0 Å². The SMILES string of the molecule is O=C(NCCCN1CCCCCC1)C1CCCN(c2nn3c(=O)c4c(nc3s2)CCCC4)C1. The highest BCUT2D eigenvalue weighted by Gasteiger charge is 2.28. The minimum absolute atomic E-state index is 0.00656. The number of rotatable bonds is 6. The standard InChI is InChI=1S/C24H36N6O2S/c31-21(25-12-8-15-28-13-5-1-2-6-14-28)18-9-7-16-29(17-18)24-27-30-22(32)19-10-3-4-11-20(19)26-23(30)33-24/h18H,1-17H2,(H,25,31). The largest absolute Gasteiger partial charge is 0.356 e. The summed E-state index contributed by atoms with van der Waals surface area (Å²) in [4.78, 5) is 35.9. The van der Waals surface area contributed by atoms with E-state index in [0.29, 0.717) is 11.5 Å². The molecule has 2 aliphatic heterocycles. The Bertz CT molecular complexity index is 1030. The third kappa shape index (κ3) is 5.24. The molecule has 1 amide bonds. The monoisotopic (exact) mass is 472 g/mol. The molecule has 0 saturated carbocycles. The molecule has 0 aromatic carbocycles. The van der Waals surface area contributed by atoms with Crippen LogP contribution in [0.1, 0.15) is 69.0 Å². The van der Waals surface area contributed by atoms with E-state index in [1.54, 1.807) is 0 Å². The Labute approximate surface area is 199 Å². The molecule has 8 nitrogen and oxygen atoms in total. The summed E-state index contributed by atoms with van der Waals surface area (Å²) in [5, 5.41) is 8.60. The van der Waals surface area contributed by atoms with E-state index in [-0.39, 0.29) is 17.4 Å². The second kappa shape index (κ2) is 10.5. The van der Waals surface area contributed by atoms with Crippen LogP contribution in [0, 0.1) is 5.92 Å². The molecular formula is C24H36N6O2S. The van der Waals surface area contributed by atoms with Crippen molar-refractivity contribution < 1.29 is 4.79 Å². The predicted octanol–water partition coefficient (Wildman–Crippen LogP) is 2.63. The quantitative estimate of drug-likeness (QED) is 0.651. The first-order valence-electron chi connectivity index (χ1n) is 12.9. The normalized spacial score (nSPS) is 22.2. The number of amides is 1. The predicted molar refractivity (Wildman–Crippen MR) is 131 cm³/mol. The summed E-state index contributed by atoms with van der Waals surface area (Å²) in [5.41, 5.74) is 1.79. The van der Waals surface area contributed by atoms with Gasteiger partial charge >= 0.3 is 0 Å². The topological polar surface area (TPSA) is 82.8 Å².